The van der Waals surface area contributed by atoms with Gasteiger partial charge in [-0.15, -0.1) is 12.6 Å². The van der Waals surface area contributed by atoms with Gasteiger partial charge in [0.1, 0.15) is 0 Å². The molecular formula is C13H12O3S3. The quantitative estimate of drug-likeness (QED) is 0.693. The maximum absolute atomic E-state index is 11.7. The molecule has 2 rings (SSSR count). The van der Waals surface area contributed by atoms with Crippen molar-refractivity contribution in [2.45, 2.75) is 19.6 Å². The normalized spacial score (nSPS) is 11.5. The minimum atomic E-state index is -3.68. The summed E-state index contributed by atoms with van der Waals surface area (Å²) in [5.41, 5.74) is 0. The molecule has 2 aromatic carbocycles. The van der Waals surface area contributed by atoms with Crippen LogP contribution in [0.2, 0.25) is 0 Å². The van der Waals surface area contributed by atoms with Crippen molar-refractivity contribution >= 4 is 34.5 Å². The van der Waals surface area contributed by atoms with Gasteiger partial charge >= 0.3 is 0 Å². The van der Waals surface area contributed by atoms with Gasteiger partial charge in [0.25, 0.3) is 10.1 Å². The maximum atomic E-state index is 11.7. The minimum Gasteiger partial charge on any atom is -0.270 e. The summed E-state index contributed by atoms with van der Waals surface area (Å²) in [4.78, 5) is 2.65. The van der Waals surface area contributed by atoms with Crippen LogP contribution in [0.4, 0.5) is 0 Å². The smallest absolute Gasteiger partial charge is 0.270 e. The molecule has 0 fully saturated rings. The summed E-state index contributed by atoms with van der Waals surface area (Å²) in [7, 11) is -2.53. The number of rotatable bonds is 4. The Morgan fingerprint density at radius 1 is 1.11 bits per heavy atom. The van der Waals surface area contributed by atoms with E-state index in [0.717, 1.165) is 21.8 Å². The van der Waals surface area contributed by atoms with E-state index in [4.69, 9.17) is 0 Å². The fourth-order valence-corrected chi connectivity index (χ4v) is 3.39. The van der Waals surface area contributed by atoms with Gasteiger partial charge in [-0.3, -0.25) is 4.18 Å². The van der Waals surface area contributed by atoms with Crippen molar-refractivity contribution in [3.8, 4) is 0 Å². The molecule has 0 aliphatic heterocycles. The van der Waals surface area contributed by atoms with E-state index >= 15 is 0 Å². The van der Waals surface area contributed by atoms with Crippen LogP contribution >= 0.6 is 24.4 Å². The maximum Gasteiger partial charge on any atom is 0.296 e. The van der Waals surface area contributed by atoms with E-state index in [1.54, 1.807) is 12.1 Å². The van der Waals surface area contributed by atoms with Crippen molar-refractivity contribution in [2.75, 3.05) is 7.11 Å². The summed E-state index contributed by atoms with van der Waals surface area (Å²) in [6.07, 6.45) is 0. The van der Waals surface area contributed by atoms with E-state index in [9.17, 15) is 8.42 Å². The van der Waals surface area contributed by atoms with Crippen molar-refractivity contribution in [3.63, 3.8) is 0 Å². The van der Waals surface area contributed by atoms with E-state index in [1.807, 2.05) is 30.3 Å². The summed E-state index contributed by atoms with van der Waals surface area (Å²) in [6, 6.07) is 14.4. The molecule has 0 saturated heterocycles. The lowest BCUT2D eigenvalue weighted by Gasteiger charge is -2.08. The SMILES string of the molecule is COS(=O)(=O)c1ccc(S)c(Sc2ccccc2)c1. The highest BCUT2D eigenvalue weighted by Crippen LogP contribution is 2.34. The van der Waals surface area contributed by atoms with Gasteiger partial charge in [-0.1, -0.05) is 30.0 Å². The standard InChI is InChI=1S/C13H12O3S3/c1-16-19(14,15)11-7-8-12(17)13(9-11)18-10-5-3-2-4-6-10/h2-9,17H,1H3. The monoisotopic (exact) mass is 312 g/mol. The zero-order valence-electron chi connectivity index (χ0n) is 10.1. The van der Waals surface area contributed by atoms with Gasteiger partial charge in [0, 0.05) is 14.7 Å². The predicted octanol–water partition coefficient (Wildman–Crippen LogP) is 3.46. The van der Waals surface area contributed by atoms with Gasteiger partial charge in [0.15, 0.2) is 0 Å². The third kappa shape index (κ3) is 3.54. The van der Waals surface area contributed by atoms with E-state index in [0.29, 0.717) is 0 Å². The Bertz CT molecular complexity index is 667. The third-order valence-corrected chi connectivity index (χ3v) is 5.29. The summed E-state index contributed by atoms with van der Waals surface area (Å²) in [6.45, 7) is 0. The second-order valence-corrected chi connectivity index (χ2v) is 6.98. The first-order valence-electron chi connectivity index (χ1n) is 5.39. The highest BCUT2D eigenvalue weighted by molar-refractivity contribution is 7.99. The molecule has 100 valence electrons. The van der Waals surface area contributed by atoms with Crippen LogP contribution in [0, 0.1) is 0 Å². The summed E-state index contributed by atoms with van der Waals surface area (Å²) < 4.78 is 27.8. The molecule has 6 heteroatoms. The Hall–Kier alpha value is -0.950. The molecule has 0 unspecified atom stereocenters. The van der Waals surface area contributed by atoms with Crippen LogP contribution in [0.25, 0.3) is 0 Å². The van der Waals surface area contributed by atoms with Gasteiger partial charge < -0.3 is 0 Å². The Kier molecular flexibility index (Phi) is 4.57. The average molecular weight is 312 g/mol. The van der Waals surface area contributed by atoms with Crippen LogP contribution in [-0.4, -0.2) is 15.5 Å². The first-order valence-corrected chi connectivity index (χ1v) is 8.06. The Morgan fingerprint density at radius 3 is 2.42 bits per heavy atom. The molecule has 0 aliphatic rings. The van der Waals surface area contributed by atoms with Crippen molar-refractivity contribution in [1.29, 1.82) is 0 Å². The number of benzene rings is 2. The summed E-state index contributed by atoms with van der Waals surface area (Å²) >= 11 is 5.80. The van der Waals surface area contributed by atoms with Crippen LogP contribution in [0.5, 0.6) is 0 Å². The van der Waals surface area contributed by atoms with Crippen molar-refractivity contribution in [2.24, 2.45) is 0 Å². The fraction of sp³-hybridized carbons (Fsp3) is 0.0769. The highest BCUT2D eigenvalue weighted by atomic mass is 32.2. The second kappa shape index (κ2) is 6.00. The number of hydrogen-bond acceptors (Lipinski definition) is 5. The molecule has 0 aliphatic carbocycles. The molecule has 0 amide bonds. The molecule has 0 aromatic heterocycles. The lowest BCUT2D eigenvalue weighted by atomic mass is 10.4. The molecule has 19 heavy (non-hydrogen) atoms. The van der Waals surface area contributed by atoms with E-state index < -0.39 is 10.1 Å². The summed E-state index contributed by atoms with van der Waals surface area (Å²) in [5.74, 6) is 0. The molecule has 0 heterocycles. The van der Waals surface area contributed by atoms with E-state index in [2.05, 4.69) is 16.8 Å². The molecule has 3 nitrogen and oxygen atoms in total. The lowest BCUT2D eigenvalue weighted by Crippen LogP contribution is -2.02. The zero-order valence-corrected chi connectivity index (χ0v) is 12.6. The first-order chi connectivity index (χ1) is 9.03. The van der Waals surface area contributed by atoms with Crippen LogP contribution < -0.4 is 0 Å². The molecule has 0 spiro atoms. The van der Waals surface area contributed by atoms with Crippen LogP contribution in [-0.2, 0) is 14.3 Å². The number of hydrogen-bond donors (Lipinski definition) is 1. The second-order valence-electron chi connectivity index (χ2n) is 3.67. The van der Waals surface area contributed by atoms with Gasteiger partial charge in [-0.2, -0.15) is 8.42 Å². The van der Waals surface area contributed by atoms with Crippen molar-refractivity contribution < 1.29 is 12.6 Å². The van der Waals surface area contributed by atoms with Crippen LogP contribution in [0.1, 0.15) is 0 Å². The van der Waals surface area contributed by atoms with Gasteiger partial charge in [0.05, 0.1) is 12.0 Å². The highest BCUT2D eigenvalue weighted by Gasteiger charge is 2.15. The fourth-order valence-electron chi connectivity index (χ4n) is 1.44. The third-order valence-electron chi connectivity index (χ3n) is 2.41. The molecular weight excluding hydrogens is 300 g/mol. The molecule has 0 atom stereocenters. The van der Waals surface area contributed by atoms with Crippen LogP contribution in [0.3, 0.4) is 0 Å². The molecule has 2 aromatic rings. The Balaban J connectivity index is 2.38. The average Bonchev–Trinajstić information content (AvgIpc) is 2.42. The van der Waals surface area contributed by atoms with Gasteiger partial charge in [-0.05, 0) is 30.3 Å². The molecule has 0 radical (unpaired) electrons. The minimum absolute atomic E-state index is 0.131. The van der Waals surface area contributed by atoms with Gasteiger partial charge in [0.2, 0.25) is 0 Å². The topological polar surface area (TPSA) is 43.4 Å². The summed E-state index contributed by atoms with van der Waals surface area (Å²) in [5, 5.41) is 0. The van der Waals surface area contributed by atoms with Crippen molar-refractivity contribution in [1.82, 2.24) is 0 Å². The number of thiol groups is 1. The lowest BCUT2D eigenvalue weighted by molar-refractivity contribution is 0.397. The van der Waals surface area contributed by atoms with E-state index in [-0.39, 0.29) is 4.90 Å². The largest absolute Gasteiger partial charge is 0.296 e. The molecule has 0 saturated carbocycles. The molecule has 0 N–H and O–H groups in total. The Labute approximate surface area is 122 Å². The Morgan fingerprint density at radius 2 is 1.79 bits per heavy atom. The predicted molar refractivity (Wildman–Crippen MR) is 78.5 cm³/mol. The van der Waals surface area contributed by atoms with Crippen LogP contribution in [0.15, 0.2) is 68.1 Å². The molecule has 0 bridgehead atoms. The van der Waals surface area contributed by atoms with Gasteiger partial charge in [-0.25, -0.2) is 0 Å². The zero-order chi connectivity index (χ0) is 13.9. The van der Waals surface area contributed by atoms with E-state index in [1.165, 1.54) is 17.8 Å². The van der Waals surface area contributed by atoms with Crippen molar-refractivity contribution in [3.05, 3.63) is 48.5 Å². The first kappa shape index (κ1) is 14.5.